The van der Waals surface area contributed by atoms with Gasteiger partial charge in [0.2, 0.25) is 5.91 Å². The van der Waals surface area contributed by atoms with Gasteiger partial charge in [-0.1, -0.05) is 23.7 Å². The molecule has 0 aliphatic carbocycles. The molecule has 3 heterocycles. The third kappa shape index (κ3) is 3.22. The van der Waals surface area contributed by atoms with E-state index in [9.17, 15) is 9.59 Å². The minimum atomic E-state index is -0.684. The number of amides is 2. The fourth-order valence-corrected chi connectivity index (χ4v) is 4.60. The monoisotopic (exact) mass is 397 g/mol. The summed E-state index contributed by atoms with van der Waals surface area (Å²) in [4.78, 5) is 30.8. The molecule has 2 atom stereocenters. The van der Waals surface area contributed by atoms with Gasteiger partial charge >= 0.3 is 0 Å². The first-order valence-corrected chi connectivity index (χ1v) is 9.60. The Morgan fingerprint density at radius 2 is 1.89 bits per heavy atom. The number of fused-ring (bicyclic) bond motifs is 1. The van der Waals surface area contributed by atoms with Gasteiger partial charge in [0, 0.05) is 35.3 Å². The second-order valence-electron chi connectivity index (χ2n) is 6.23. The largest absolute Gasteiger partial charge is 0.357 e. The molecule has 0 saturated carbocycles. The fourth-order valence-electron chi connectivity index (χ4n) is 3.36. The maximum atomic E-state index is 12.7. The molecule has 1 aromatic carbocycles. The smallest absolute Gasteiger partial charge is 0.262 e. The van der Waals surface area contributed by atoms with Crippen LogP contribution in [0.15, 0.2) is 54.9 Å². The molecule has 2 unspecified atom stereocenters. The van der Waals surface area contributed by atoms with Crippen LogP contribution in [0.4, 0.5) is 0 Å². The van der Waals surface area contributed by atoms with Gasteiger partial charge in [-0.15, -0.1) is 11.3 Å². The quantitative estimate of drug-likeness (QED) is 0.711. The average molecular weight is 398 g/mol. The van der Waals surface area contributed by atoms with Crippen molar-refractivity contribution >= 4 is 34.8 Å². The van der Waals surface area contributed by atoms with Gasteiger partial charge in [-0.25, -0.2) is 0 Å². The number of carbonyl (C=O) groups excluding carboxylic acids is 2. The minimum Gasteiger partial charge on any atom is -0.357 e. The van der Waals surface area contributed by atoms with Gasteiger partial charge in [0.25, 0.3) is 5.91 Å². The molecule has 1 aliphatic rings. The van der Waals surface area contributed by atoms with Gasteiger partial charge in [-0.3, -0.25) is 14.6 Å². The Morgan fingerprint density at radius 1 is 1.19 bits per heavy atom. The predicted octanol–water partition coefficient (Wildman–Crippen LogP) is 3.45. The number of hydrogen-bond acceptors (Lipinski definition) is 4. The van der Waals surface area contributed by atoms with Crippen LogP contribution in [-0.4, -0.2) is 29.9 Å². The molecule has 0 bridgehead atoms. The molecular formula is C20H16ClN3O2S. The summed E-state index contributed by atoms with van der Waals surface area (Å²) < 4.78 is 0. The lowest BCUT2D eigenvalue weighted by Crippen LogP contribution is -2.52. The minimum absolute atomic E-state index is 0.228. The van der Waals surface area contributed by atoms with E-state index >= 15 is 0 Å². The molecule has 4 rings (SSSR count). The van der Waals surface area contributed by atoms with Crippen LogP contribution in [0.25, 0.3) is 10.4 Å². The summed E-state index contributed by atoms with van der Waals surface area (Å²) >= 11 is 7.45. The highest BCUT2D eigenvalue weighted by Crippen LogP contribution is 2.41. The zero-order valence-corrected chi connectivity index (χ0v) is 16.0. The third-order valence-electron chi connectivity index (χ3n) is 4.64. The zero-order valence-electron chi connectivity index (χ0n) is 14.4. The number of pyridine rings is 1. The second-order valence-corrected chi connectivity index (χ2v) is 7.71. The summed E-state index contributed by atoms with van der Waals surface area (Å²) in [7, 11) is 1.57. The number of nitrogens with zero attached hydrogens (tertiary/aromatic N) is 1. The lowest BCUT2D eigenvalue weighted by molar-refractivity contribution is -0.122. The van der Waals surface area contributed by atoms with Crippen LogP contribution >= 0.6 is 22.9 Å². The van der Waals surface area contributed by atoms with Gasteiger partial charge in [0.15, 0.2) is 0 Å². The standard InChI is InChI=1S/C20H16ClN3O2S/c1-22-19(25)17-16(12-2-4-13(21)5-3-12)14-10-15(11-6-8-23-9-7-11)27-18(14)20(26)24-17/h2-10,16-17H,1H3,(H,22,25)(H,24,26). The third-order valence-corrected chi connectivity index (χ3v) is 6.10. The van der Waals surface area contributed by atoms with Crippen LogP contribution in [-0.2, 0) is 4.79 Å². The van der Waals surface area contributed by atoms with Crippen molar-refractivity contribution in [2.24, 2.45) is 0 Å². The Labute approximate surface area is 165 Å². The van der Waals surface area contributed by atoms with Crippen molar-refractivity contribution in [1.29, 1.82) is 0 Å². The van der Waals surface area contributed by atoms with E-state index < -0.39 is 6.04 Å². The molecule has 7 heteroatoms. The fraction of sp³-hybridized carbons (Fsp3) is 0.150. The van der Waals surface area contributed by atoms with E-state index in [-0.39, 0.29) is 17.7 Å². The van der Waals surface area contributed by atoms with E-state index in [2.05, 4.69) is 15.6 Å². The molecule has 2 aromatic heterocycles. The van der Waals surface area contributed by atoms with E-state index in [0.29, 0.717) is 9.90 Å². The summed E-state index contributed by atoms with van der Waals surface area (Å²) in [5.41, 5.74) is 2.77. The number of likely N-dealkylation sites (N-methyl/N-ethyl adjacent to an activating group) is 1. The molecular weight excluding hydrogens is 382 g/mol. The Bertz CT molecular complexity index is 1000. The van der Waals surface area contributed by atoms with Gasteiger partial charge < -0.3 is 10.6 Å². The van der Waals surface area contributed by atoms with E-state index in [1.54, 1.807) is 31.6 Å². The molecule has 136 valence electrons. The summed E-state index contributed by atoms with van der Waals surface area (Å²) in [6.07, 6.45) is 3.44. The first kappa shape index (κ1) is 17.7. The predicted molar refractivity (Wildman–Crippen MR) is 106 cm³/mol. The number of aromatic nitrogens is 1. The zero-order chi connectivity index (χ0) is 19.0. The molecule has 5 nitrogen and oxygen atoms in total. The van der Waals surface area contributed by atoms with Crippen molar-refractivity contribution in [2.75, 3.05) is 7.05 Å². The van der Waals surface area contributed by atoms with Crippen molar-refractivity contribution in [3.05, 3.63) is 75.9 Å². The number of halogens is 1. The first-order chi connectivity index (χ1) is 13.1. The maximum absolute atomic E-state index is 12.7. The molecule has 2 amide bonds. The van der Waals surface area contributed by atoms with E-state index in [0.717, 1.165) is 21.6 Å². The number of benzene rings is 1. The molecule has 27 heavy (non-hydrogen) atoms. The van der Waals surface area contributed by atoms with Crippen molar-refractivity contribution in [3.8, 4) is 10.4 Å². The maximum Gasteiger partial charge on any atom is 0.262 e. The Hall–Kier alpha value is -2.70. The first-order valence-electron chi connectivity index (χ1n) is 8.40. The normalized spacial score (nSPS) is 18.5. The van der Waals surface area contributed by atoms with Crippen LogP contribution in [0, 0.1) is 0 Å². The van der Waals surface area contributed by atoms with Crippen LogP contribution in [0.2, 0.25) is 5.02 Å². The molecule has 0 spiro atoms. The summed E-state index contributed by atoms with van der Waals surface area (Å²) in [5, 5.41) is 6.14. The highest BCUT2D eigenvalue weighted by atomic mass is 35.5. The average Bonchev–Trinajstić information content (AvgIpc) is 3.15. The van der Waals surface area contributed by atoms with Crippen LogP contribution in [0.3, 0.4) is 0 Å². The lowest BCUT2D eigenvalue weighted by atomic mass is 9.82. The van der Waals surface area contributed by atoms with E-state index in [1.165, 1.54) is 11.3 Å². The molecule has 0 radical (unpaired) electrons. The van der Waals surface area contributed by atoms with Crippen molar-refractivity contribution in [3.63, 3.8) is 0 Å². The molecule has 0 saturated heterocycles. The summed E-state index contributed by atoms with van der Waals surface area (Å²) in [6.45, 7) is 0. The number of carbonyl (C=O) groups is 2. The summed E-state index contributed by atoms with van der Waals surface area (Å²) in [5.74, 6) is -0.749. The molecule has 1 aliphatic heterocycles. The van der Waals surface area contributed by atoms with Crippen molar-refractivity contribution < 1.29 is 9.59 Å². The van der Waals surface area contributed by atoms with Crippen molar-refractivity contribution in [2.45, 2.75) is 12.0 Å². The number of thiophene rings is 1. The molecule has 2 N–H and O–H groups in total. The highest BCUT2D eigenvalue weighted by molar-refractivity contribution is 7.17. The second kappa shape index (κ2) is 7.13. The van der Waals surface area contributed by atoms with Crippen molar-refractivity contribution in [1.82, 2.24) is 15.6 Å². The van der Waals surface area contributed by atoms with Crippen LogP contribution in [0.1, 0.15) is 26.7 Å². The number of nitrogens with one attached hydrogen (secondary N) is 2. The van der Waals surface area contributed by atoms with E-state index in [1.807, 2.05) is 30.3 Å². The molecule has 3 aromatic rings. The van der Waals surface area contributed by atoms with Crippen LogP contribution < -0.4 is 10.6 Å². The lowest BCUT2D eigenvalue weighted by Gasteiger charge is -2.31. The van der Waals surface area contributed by atoms with Crippen LogP contribution in [0.5, 0.6) is 0 Å². The number of hydrogen-bond donors (Lipinski definition) is 2. The number of rotatable bonds is 3. The van der Waals surface area contributed by atoms with Gasteiger partial charge in [0.05, 0.1) is 4.88 Å². The van der Waals surface area contributed by atoms with E-state index in [4.69, 9.17) is 11.6 Å². The summed E-state index contributed by atoms with van der Waals surface area (Å²) in [6, 6.07) is 12.5. The van der Waals surface area contributed by atoms with Gasteiger partial charge in [-0.2, -0.15) is 0 Å². The topological polar surface area (TPSA) is 71.1 Å². The Kier molecular flexibility index (Phi) is 4.68. The SMILES string of the molecule is CNC(=O)C1NC(=O)c2sc(-c3ccncc3)cc2C1c1ccc(Cl)cc1. The van der Waals surface area contributed by atoms with Gasteiger partial charge in [0.1, 0.15) is 6.04 Å². The molecule has 0 fully saturated rings. The highest BCUT2D eigenvalue weighted by Gasteiger charge is 2.40. The Balaban J connectivity index is 1.87. The van der Waals surface area contributed by atoms with Gasteiger partial charge in [-0.05, 0) is 47.0 Å². The Morgan fingerprint density at radius 3 is 2.56 bits per heavy atom.